The van der Waals surface area contributed by atoms with Crippen molar-refractivity contribution in [2.24, 2.45) is 5.92 Å². The van der Waals surface area contributed by atoms with E-state index in [0.717, 1.165) is 35.3 Å². The lowest BCUT2D eigenvalue weighted by molar-refractivity contribution is -0.151. The molecule has 6 heteroatoms. The molecular weight excluding hydrogens is 368 g/mol. The molecule has 0 saturated carbocycles. The number of carbonyl (C=O) groups excluding carboxylic acids is 3. The summed E-state index contributed by atoms with van der Waals surface area (Å²) in [5.74, 6) is -1.58. The number of aryl methyl sites for hydroxylation is 2. The summed E-state index contributed by atoms with van der Waals surface area (Å²) < 4.78 is 5.19. The number of para-hydroxylation sites is 2. The van der Waals surface area contributed by atoms with Crippen LogP contribution in [0.4, 0.5) is 11.4 Å². The molecule has 1 aliphatic heterocycles. The van der Waals surface area contributed by atoms with Crippen molar-refractivity contribution in [1.82, 2.24) is 0 Å². The number of carbonyl (C=O) groups is 3. The highest BCUT2D eigenvalue weighted by Crippen LogP contribution is 2.29. The Hall–Kier alpha value is -3.15. The van der Waals surface area contributed by atoms with Gasteiger partial charge in [0.15, 0.2) is 6.61 Å². The molecule has 1 aliphatic rings. The van der Waals surface area contributed by atoms with Crippen LogP contribution >= 0.6 is 0 Å². The predicted molar refractivity (Wildman–Crippen MR) is 112 cm³/mol. The molecular formula is C23H26N2O4. The Morgan fingerprint density at radius 1 is 1.03 bits per heavy atom. The second-order valence-electron chi connectivity index (χ2n) is 7.05. The summed E-state index contributed by atoms with van der Waals surface area (Å²) in [4.78, 5) is 38.7. The zero-order valence-corrected chi connectivity index (χ0v) is 16.8. The van der Waals surface area contributed by atoms with E-state index in [1.807, 2.05) is 62.4 Å². The molecule has 0 aliphatic carbocycles. The maximum atomic E-state index is 12.4. The number of anilines is 2. The molecule has 2 aromatic carbocycles. The summed E-state index contributed by atoms with van der Waals surface area (Å²) in [6, 6.07) is 15.2. The quantitative estimate of drug-likeness (QED) is 0.731. The van der Waals surface area contributed by atoms with Crippen LogP contribution in [0.3, 0.4) is 0 Å². The molecule has 1 N–H and O–H groups in total. The Morgan fingerprint density at radius 2 is 1.69 bits per heavy atom. The van der Waals surface area contributed by atoms with Gasteiger partial charge in [-0.25, -0.2) is 0 Å². The molecule has 1 fully saturated rings. The number of benzene rings is 2. The van der Waals surface area contributed by atoms with Crippen molar-refractivity contribution < 1.29 is 19.1 Å². The molecule has 3 rings (SSSR count). The van der Waals surface area contributed by atoms with Gasteiger partial charge in [0, 0.05) is 24.3 Å². The third kappa shape index (κ3) is 4.83. The second-order valence-corrected chi connectivity index (χ2v) is 7.05. The summed E-state index contributed by atoms with van der Waals surface area (Å²) in [5.41, 5.74) is 3.63. The fourth-order valence-corrected chi connectivity index (χ4v) is 3.56. The van der Waals surface area contributed by atoms with Crippen molar-refractivity contribution in [3.8, 4) is 0 Å². The van der Waals surface area contributed by atoms with Crippen LogP contribution < -0.4 is 10.2 Å². The van der Waals surface area contributed by atoms with Crippen LogP contribution in [0, 0.1) is 5.92 Å². The van der Waals surface area contributed by atoms with Crippen molar-refractivity contribution in [1.29, 1.82) is 0 Å². The monoisotopic (exact) mass is 394 g/mol. The van der Waals surface area contributed by atoms with Gasteiger partial charge in [-0.2, -0.15) is 0 Å². The third-order valence-corrected chi connectivity index (χ3v) is 5.14. The van der Waals surface area contributed by atoms with Gasteiger partial charge in [0.25, 0.3) is 5.91 Å². The molecule has 152 valence electrons. The van der Waals surface area contributed by atoms with Gasteiger partial charge in [0.1, 0.15) is 0 Å². The van der Waals surface area contributed by atoms with Crippen LogP contribution in [0.1, 0.15) is 31.4 Å². The third-order valence-electron chi connectivity index (χ3n) is 5.14. The molecule has 2 amide bonds. The standard InChI is InChI=1S/C23H26N2O4/c1-3-16-9-5-7-11-19(16)24-21(26)15-29-23(28)18-13-22(27)25(14-18)20-12-8-6-10-17(20)4-2/h5-12,18H,3-4,13-15H2,1-2H3,(H,24,26)/t18-/m0/s1. The highest BCUT2D eigenvalue weighted by Gasteiger charge is 2.37. The summed E-state index contributed by atoms with van der Waals surface area (Å²) in [6.45, 7) is 3.94. The highest BCUT2D eigenvalue weighted by molar-refractivity contribution is 6.00. The van der Waals surface area contributed by atoms with E-state index in [1.165, 1.54) is 0 Å². The molecule has 1 saturated heterocycles. The Bertz CT molecular complexity index is 909. The Kier molecular flexibility index (Phi) is 6.65. The van der Waals surface area contributed by atoms with Gasteiger partial charge in [0.05, 0.1) is 5.92 Å². The number of hydrogen-bond donors (Lipinski definition) is 1. The van der Waals surface area contributed by atoms with E-state index in [0.29, 0.717) is 0 Å². The number of nitrogens with zero attached hydrogens (tertiary/aromatic N) is 1. The van der Waals surface area contributed by atoms with Crippen LogP contribution in [0.25, 0.3) is 0 Å². The number of hydrogen-bond acceptors (Lipinski definition) is 4. The minimum absolute atomic E-state index is 0.0944. The number of esters is 1. The van der Waals surface area contributed by atoms with E-state index >= 15 is 0 Å². The van der Waals surface area contributed by atoms with Gasteiger partial charge < -0.3 is 15.0 Å². The fourth-order valence-electron chi connectivity index (χ4n) is 3.56. The zero-order valence-electron chi connectivity index (χ0n) is 16.8. The maximum absolute atomic E-state index is 12.4. The largest absolute Gasteiger partial charge is 0.455 e. The first-order chi connectivity index (χ1) is 14.0. The average Bonchev–Trinajstić information content (AvgIpc) is 3.13. The van der Waals surface area contributed by atoms with Crippen molar-refractivity contribution >= 4 is 29.2 Å². The summed E-state index contributed by atoms with van der Waals surface area (Å²) >= 11 is 0. The first-order valence-corrected chi connectivity index (χ1v) is 9.96. The van der Waals surface area contributed by atoms with Crippen molar-refractivity contribution in [2.45, 2.75) is 33.1 Å². The Labute approximate surface area is 170 Å². The summed E-state index contributed by atoms with van der Waals surface area (Å²) in [6.07, 6.45) is 1.68. The molecule has 0 unspecified atom stereocenters. The minimum atomic E-state index is -0.567. The lowest BCUT2D eigenvalue weighted by Crippen LogP contribution is -2.28. The van der Waals surface area contributed by atoms with Crippen LogP contribution in [-0.2, 0) is 32.0 Å². The van der Waals surface area contributed by atoms with Crippen molar-refractivity contribution in [3.63, 3.8) is 0 Å². The smallest absolute Gasteiger partial charge is 0.311 e. The van der Waals surface area contributed by atoms with Crippen LogP contribution in [0.2, 0.25) is 0 Å². The first kappa shape index (κ1) is 20.6. The van der Waals surface area contributed by atoms with Crippen LogP contribution in [0.5, 0.6) is 0 Å². The SMILES string of the molecule is CCc1ccccc1NC(=O)COC(=O)[C@H]1CC(=O)N(c2ccccc2CC)C1. The topological polar surface area (TPSA) is 75.7 Å². The van der Waals surface area contributed by atoms with Gasteiger partial charge in [-0.15, -0.1) is 0 Å². The molecule has 0 bridgehead atoms. The number of ether oxygens (including phenoxy) is 1. The minimum Gasteiger partial charge on any atom is -0.455 e. The summed E-state index contributed by atoms with van der Waals surface area (Å²) in [7, 11) is 0. The molecule has 0 radical (unpaired) electrons. The normalized spacial score (nSPS) is 16.0. The number of amides is 2. The lowest BCUT2D eigenvalue weighted by Gasteiger charge is -2.19. The summed E-state index contributed by atoms with van der Waals surface area (Å²) in [5, 5.41) is 2.77. The maximum Gasteiger partial charge on any atom is 0.311 e. The van der Waals surface area contributed by atoms with Crippen molar-refractivity contribution in [2.75, 3.05) is 23.4 Å². The van der Waals surface area contributed by atoms with E-state index < -0.39 is 17.8 Å². The molecule has 2 aromatic rings. The van der Waals surface area contributed by atoms with Gasteiger partial charge in [-0.05, 0) is 36.1 Å². The second kappa shape index (κ2) is 9.37. The van der Waals surface area contributed by atoms with Gasteiger partial charge >= 0.3 is 5.97 Å². The van der Waals surface area contributed by atoms with Crippen LogP contribution in [0.15, 0.2) is 48.5 Å². The van der Waals surface area contributed by atoms with E-state index in [4.69, 9.17) is 4.74 Å². The van der Waals surface area contributed by atoms with E-state index in [-0.39, 0.29) is 25.5 Å². The number of nitrogens with one attached hydrogen (secondary N) is 1. The number of rotatable bonds is 7. The fraction of sp³-hybridized carbons (Fsp3) is 0.348. The predicted octanol–water partition coefficient (Wildman–Crippen LogP) is 3.35. The first-order valence-electron chi connectivity index (χ1n) is 9.96. The Morgan fingerprint density at radius 3 is 2.41 bits per heavy atom. The van der Waals surface area contributed by atoms with Gasteiger partial charge in [-0.3, -0.25) is 14.4 Å². The Balaban J connectivity index is 1.56. The molecule has 1 atom stereocenters. The zero-order chi connectivity index (χ0) is 20.8. The van der Waals surface area contributed by atoms with Crippen molar-refractivity contribution in [3.05, 3.63) is 59.7 Å². The molecule has 6 nitrogen and oxygen atoms in total. The van der Waals surface area contributed by atoms with Crippen LogP contribution in [-0.4, -0.2) is 30.9 Å². The van der Waals surface area contributed by atoms with Gasteiger partial charge in [-0.1, -0.05) is 50.2 Å². The van der Waals surface area contributed by atoms with Gasteiger partial charge in [0.2, 0.25) is 5.91 Å². The molecule has 0 spiro atoms. The van der Waals surface area contributed by atoms with E-state index in [2.05, 4.69) is 5.32 Å². The average molecular weight is 394 g/mol. The molecule has 1 heterocycles. The lowest BCUT2D eigenvalue weighted by atomic mass is 10.1. The molecule has 29 heavy (non-hydrogen) atoms. The van der Waals surface area contributed by atoms with E-state index in [1.54, 1.807) is 4.90 Å². The van der Waals surface area contributed by atoms with E-state index in [9.17, 15) is 14.4 Å². The highest BCUT2D eigenvalue weighted by atomic mass is 16.5. The molecule has 0 aromatic heterocycles.